The molecule has 0 unspecified atom stereocenters. The lowest BCUT2D eigenvalue weighted by molar-refractivity contribution is 0.112. The lowest BCUT2D eigenvalue weighted by atomic mass is 9.97. The van der Waals surface area contributed by atoms with E-state index >= 15 is 0 Å². The summed E-state index contributed by atoms with van der Waals surface area (Å²) < 4.78 is 0. The summed E-state index contributed by atoms with van der Waals surface area (Å²) in [5.41, 5.74) is 3.49. The SMILES string of the molecule is Cc1cc2cc(C)c(C=O)c(O)c2cc1C. The van der Waals surface area contributed by atoms with Gasteiger partial charge < -0.3 is 5.11 Å². The minimum atomic E-state index is 0.0908. The molecule has 0 aliphatic carbocycles. The van der Waals surface area contributed by atoms with Gasteiger partial charge in [-0.3, -0.25) is 4.79 Å². The Bertz CT molecular complexity index is 583. The van der Waals surface area contributed by atoms with Crippen LogP contribution in [0.3, 0.4) is 0 Å². The molecule has 0 saturated carbocycles. The Kier molecular flexibility index (Phi) is 2.43. The van der Waals surface area contributed by atoms with Gasteiger partial charge >= 0.3 is 0 Å². The number of phenolic OH excluding ortho intramolecular Hbond substituents is 1. The Labute approximate surface area is 94.5 Å². The number of benzene rings is 2. The van der Waals surface area contributed by atoms with Gasteiger partial charge in [0.1, 0.15) is 5.75 Å². The summed E-state index contributed by atoms with van der Waals surface area (Å²) in [6.07, 6.45) is 0.708. The van der Waals surface area contributed by atoms with Crippen LogP contribution in [0.25, 0.3) is 10.8 Å². The van der Waals surface area contributed by atoms with Crippen molar-refractivity contribution >= 4 is 17.1 Å². The van der Waals surface area contributed by atoms with Gasteiger partial charge in [0, 0.05) is 5.39 Å². The number of carbonyl (C=O) groups excluding carboxylic acids is 1. The predicted octanol–water partition coefficient (Wildman–Crippen LogP) is 3.28. The minimum absolute atomic E-state index is 0.0908. The molecule has 0 heterocycles. The van der Waals surface area contributed by atoms with Crippen LogP contribution in [0.2, 0.25) is 0 Å². The molecule has 0 fully saturated rings. The number of fused-ring (bicyclic) bond motifs is 1. The molecular weight excluding hydrogens is 200 g/mol. The molecule has 0 bridgehead atoms. The van der Waals surface area contributed by atoms with Crippen molar-refractivity contribution in [3.63, 3.8) is 0 Å². The maximum atomic E-state index is 10.9. The molecule has 1 N–H and O–H groups in total. The second-order valence-electron chi connectivity index (χ2n) is 4.23. The molecule has 0 aliphatic rings. The summed E-state index contributed by atoms with van der Waals surface area (Å²) in [5.74, 6) is 0.0908. The van der Waals surface area contributed by atoms with E-state index in [1.165, 1.54) is 5.56 Å². The third kappa shape index (κ3) is 1.47. The second kappa shape index (κ2) is 3.63. The molecular formula is C14H14O2. The molecule has 0 radical (unpaired) electrons. The first kappa shape index (κ1) is 10.7. The molecule has 16 heavy (non-hydrogen) atoms. The van der Waals surface area contributed by atoms with E-state index in [2.05, 4.69) is 0 Å². The Morgan fingerprint density at radius 2 is 1.56 bits per heavy atom. The fourth-order valence-corrected chi connectivity index (χ4v) is 1.95. The van der Waals surface area contributed by atoms with Crippen LogP contribution in [0, 0.1) is 20.8 Å². The van der Waals surface area contributed by atoms with Crippen LogP contribution >= 0.6 is 0 Å². The Balaban J connectivity index is 2.93. The van der Waals surface area contributed by atoms with Crippen molar-refractivity contribution in [3.05, 3.63) is 40.5 Å². The topological polar surface area (TPSA) is 37.3 Å². The zero-order valence-electron chi connectivity index (χ0n) is 9.66. The molecule has 0 spiro atoms. The molecule has 0 aromatic heterocycles. The number of carbonyl (C=O) groups is 1. The summed E-state index contributed by atoms with van der Waals surface area (Å²) in [4.78, 5) is 10.9. The summed E-state index contributed by atoms with van der Waals surface area (Å²) in [7, 11) is 0. The number of aldehydes is 1. The van der Waals surface area contributed by atoms with Crippen molar-refractivity contribution in [1.82, 2.24) is 0 Å². The summed E-state index contributed by atoms with van der Waals surface area (Å²) in [6.45, 7) is 5.86. The van der Waals surface area contributed by atoms with Gasteiger partial charge in [-0.05, 0) is 48.9 Å². The summed E-state index contributed by atoms with van der Waals surface area (Å²) >= 11 is 0. The summed E-state index contributed by atoms with van der Waals surface area (Å²) in [5, 5.41) is 11.7. The smallest absolute Gasteiger partial charge is 0.154 e. The standard InChI is InChI=1S/C14H14O2/c1-8-4-11-5-10(3)13(7-15)14(16)12(11)6-9(8)2/h4-7,16H,1-3H3. The molecule has 2 aromatic carbocycles. The molecule has 2 aromatic rings. The molecule has 2 rings (SSSR count). The van der Waals surface area contributed by atoms with Gasteiger partial charge in [0.05, 0.1) is 5.56 Å². The van der Waals surface area contributed by atoms with Crippen molar-refractivity contribution in [2.45, 2.75) is 20.8 Å². The highest BCUT2D eigenvalue weighted by atomic mass is 16.3. The van der Waals surface area contributed by atoms with Gasteiger partial charge in [0.15, 0.2) is 6.29 Å². The van der Waals surface area contributed by atoms with Gasteiger partial charge in [-0.1, -0.05) is 12.1 Å². The molecule has 0 saturated heterocycles. The number of hydrogen-bond acceptors (Lipinski definition) is 2. The van der Waals surface area contributed by atoms with Crippen LogP contribution in [0.1, 0.15) is 27.0 Å². The first-order chi connectivity index (χ1) is 7.54. The Morgan fingerprint density at radius 3 is 2.19 bits per heavy atom. The van der Waals surface area contributed by atoms with E-state index in [0.29, 0.717) is 11.8 Å². The van der Waals surface area contributed by atoms with Crippen molar-refractivity contribution in [3.8, 4) is 5.75 Å². The molecule has 2 nitrogen and oxygen atoms in total. The van der Waals surface area contributed by atoms with E-state index in [1.807, 2.05) is 39.0 Å². The molecule has 0 amide bonds. The molecule has 2 heteroatoms. The number of phenols is 1. The first-order valence-corrected chi connectivity index (χ1v) is 5.23. The van der Waals surface area contributed by atoms with E-state index in [-0.39, 0.29) is 5.75 Å². The lowest BCUT2D eigenvalue weighted by Gasteiger charge is -2.09. The maximum absolute atomic E-state index is 10.9. The van der Waals surface area contributed by atoms with Gasteiger partial charge in [0.25, 0.3) is 0 Å². The quantitative estimate of drug-likeness (QED) is 0.739. The van der Waals surface area contributed by atoms with Crippen LogP contribution in [0.4, 0.5) is 0 Å². The van der Waals surface area contributed by atoms with Crippen molar-refractivity contribution in [2.24, 2.45) is 0 Å². The van der Waals surface area contributed by atoms with Gasteiger partial charge in [-0.15, -0.1) is 0 Å². The normalized spacial score (nSPS) is 10.7. The van der Waals surface area contributed by atoms with E-state index in [9.17, 15) is 9.90 Å². The average Bonchev–Trinajstić information content (AvgIpc) is 2.22. The highest BCUT2D eigenvalue weighted by molar-refractivity contribution is 5.98. The van der Waals surface area contributed by atoms with Crippen molar-refractivity contribution < 1.29 is 9.90 Å². The predicted molar refractivity (Wildman–Crippen MR) is 65.2 cm³/mol. The van der Waals surface area contributed by atoms with Gasteiger partial charge in [0.2, 0.25) is 0 Å². The highest BCUT2D eigenvalue weighted by Crippen LogP contribution is 2.32. The van der Waals surface area contributed by atoms with E-state index in [0.717, 1.165) is 21.9 Å². The van der Waals surface area contributed by atoms with Crippen LogP contribution < -0.4 is 0 Å². The van der Waals surface area contributed by atoms with Crippen LogP contribution in [-0.4, -0.2) is 11.4 Å². The molecule has 0 aliphatic heterocycles. The zero-order chi connectivity index (χ0) is 11.9. The number of rotatable bonds is 1. The molecule has 82 valence electrons. The third-order valence-corrected chi connectivity index (χ3v) is 3.09. The fraction of sp³-hybridized carbons (Fsp3) is 0.214. The lowest BCUT2D eigenvalue weighted by Crippen LogP contribution is -1.91. The number of hydrogen-bond donors (Lipinski definition) is 1. The third-order valence-electron chi connectivity index (χ3n) is 3.09. The van der Waals surface area contributed by atoms with Crippen LogP contribution in [0.15, 0.2) is 18.2 Å². The maximum Gasteiger partial charge on any atom is 0.154 e. The van der Waals surface area contributed by atoms with Crippen LogP contribution in [0.5, 0.6) is 5.75 Å². The average molecular weight is 214 g/mol. The van der Waals surface area contributed by atoms with Crippen LogP contribution in [-0.2, 0) is 0 Å². The fourth-order valence-electron chi connectivity index (χ4n) is 1.95. The summed E-state index contributed by atoms with van der Waals surface area (Å²) in [6, 6.07) is 5.89. The second-order valence-corrected chi connectivity index (χ2v) is 4.23. The first-order valence-electron chi connectivity index (χ1n) is 5.23. The minimum Gasteiger partial charge on any atom is -0.507 e. The molecule has 0 atom stereocenters. The zero-order valence-corrected chi connectivity index (χ0v) is 9.66. The largest absolute Gasteiger partial charge is 0.507 e. The highest BCUT2D eigenvalue weighted by Gasteiger charge is 2.10. The van der Waals surface area contributed by atoms with Crippen molar-refractivity contribution in [1.29, 1.82) is 0 Å². The van der Waals surface area contributed by atoms with E-state index < -0.39 is 0 Å². The van der Waals surface area contributed by atoms with E-state index in [1.54, 1.807) is 0 Å². The Hall–Kier alpha value is -1.83. The van der Waals surface area contributed by atoms with E-state index in [4.69, 9.17) is 0 Å². The van der Waals surface area contributed by atoms with Gasteiger partial charge in [-0.2, -0.15) is 0 Å². The number of aromatic hydroxyl groups is 1. The van der Waals surface area contributed by atoms with Crippen molar-refractivity contribution in [2.75, 3.05) is 0 Å². The Morgan fingerprint density at radius 1 is 1.00 bits per heavy atom. The monoisotopic (exact) mass is 214 g/mol. The number of aryl methyl sites for hydroxylation is 3. The van der Waals surface area contributed by atoms with Gasteiger partial charge in [-0.25, -0.2) is 0 Å².